The van der Waals surface area contributed by atoms with Crippen molar-refractivity contribution < 1.29 is 28.5 Å². The predicted molar refractivity (Wildman–Crippen MR) is 129 cm³/mol. The van der Waals surface area contributed by atoms with Gasteiger partial charge in [0.25, 0.3) is 0 Å². The van der Waals surface area contributed by atoms with Crippen LogP contribution in [0.2, 0.25) is 0 Å². The molecule has 7 nitrogen and oxygen atoms in total. The SMILES string of the molecule is COC(=O)c1cccc([C@H]2C[C@@H](NC(=O)C3(C)COc4cc(OC)ccc43)c3ccccc3O2)c1. The molecular formula is C28H27NO6. The van der Waals surface area contributed by atoms with Gasteiger partial charge in [0, 0.05) is 23.6 Å². The van der Waals surface area contributed by atoms with E-state index in [1.54, 1.807) is 25.3 Å². The van der Waals surface area contributed by atoms with Crippen molar-refractivity contribution >= 4 is 11.9 Å². The van der Waals surface area contributed by atoms with Crippen molar-refractivity contribution in [3.63, 3.8) is 0 Å². The molecule has 0 aromatic heterocycles. The number of fused-ring (bicyclic) bond motifs is 2. The Morgan fingerprint density at radius 2 is 1.83 bits per heavy atom. The molecule has 0 bridgehead atoms. The Bertz CT molecular complexity index is 1290. The minimum Gasteiger partial charge on any atom is -0.497 e. The second kappa shape index (κ2) is 8.98. The quantitative estimate of drug-likeness (QED) is 0.549. The zero-order chi connectivity index (χ0) is 24.6. The number of para-hydroxylation sites is 1. The van der Waals surface area contributed by atoms with Gasteiger partial charge >= 0.3 is 5.97 Å². The van der Waals surface area contributed by atoms with E-state index in [4.69, 9.17) is 18.9 Å². The van der Waals surface area contributed by atoms with Gasteiger partial charge in [0.05, 0.1) is 25.8 Å². The Balaban J connectivity index is 1.43. The van der Waals surface area contributed by atoms with Gasteiger partial charge in [-0.15, -0.1) is 0 Å². The third-order valence-electron chi connectivity index (χ3n) is 6.80. The van der Waals surface area contributed by atoms with Crippen LogP contribution in [0.3, 0.4) is 0 Å². The summed E-state index contributed by atoms with van der Waals surface area (Å²) in [4.78, 5) is 25.7. The summed E-state index contributed by atoms with van der Waals surface area (Å²) in [6.45, 7) is 2.14. The molecule has 3 aromatic rings. The number of carbonyl (C=O) groups is 2. The summed E-state index contributed by atoms with van der Waals surface area (Å²) in [6, 6.07) is 20.2. The van der Waals surface area contributed by atoms with Gasteiger partial charge in [-0.2, -0.15) is 0 Å². The Morgan fingerprint density at radius 1 is 1.00 bits per heavy atom. The Labute approximate surface area is 204 Å². The highest BCUT2D eigenvalue weighted by Gasteiger charge is 2.45. The van der Waals surface area contributed by atoms with Gasteiger partial charge in [0.15, 0.2) is 0 Å². The highest BCUT2D eigenvalue weighted by molar-refractivity contribution is 5.90. The van der Waals surface area contributed by atoms with Crippen LogP contribution in [-0.4, -0.2) is 32.7 Å². The van der Waals surface area contributed by atoms with E-state index >= 15 is 0 Å². The maximum atomic E-state index is 13.7. The lowest BCUT2D eigenvalue weighted by molar-refractivity contribution is -0.127. The number of amides is 1. The average Bonchev–Trinajstić information content (AvgIpc) is 3.25. The zero-order valence-electron chi connectivity index (χ0n) is 19.9. The van der Waals surface area contributed by atoms with Gasteiger partial charge in [0.1, 0.15) is 35.4 Å². The van der Waals surface area contributed by atoms with E-state index in [-0.39, 0.29) is 24.7 Å². The first-order valence-electron chi connectivity index (χ1n) is 11.5. The molecule has 0 aliphatic carbocycles. The predicted octanol–water partition coefficient (Wildman–Crippen LogP) is 4.51. The second-order valence-corrected chi connectivity index (χ2v) is 9.01. The van der Waals surface area contributed by atoms with Crippen LogP contribution in [0.4, 0.5) is 0 Å². The summed E-state index contributed by atoms with van der Waals surface area (Å²) in [5.41, 5.74) is 2.21. The fourth-order valence-electron chi connectivity index (χ4n) is 4.75. The van der Waals surface area contributed by atoms with Crippen molar-refractivity contribution in [2.75, 3.05) is 20.8 Å². The highest BCUT2D eigenvalue weighted by atomic mass is 16.5. The normalized spacial score (nSPS) is 22.1. The summed E-state index contributed by atoms with van der Waals surface area (Å²) >= 11 is 0. The molecule has 2 aliphatic heterocycles. The molecule has 1 N–H and O–H groups in total. The Kier molecular flexibility index (Phi) is 5.84. The van der Waals surface area contributed by atoms with Gasteiger partial charge in [-0.25, -0.2) is 4.79 Å². The number of hydrogen-bond acceptors (Lipinski definition) is 6. The van der Waals surface area contributed by atoms with E-state index in [9.17, 15) is 9.59 Å². The summed E-state index contributed by atoms with van der Waals surface area (Å²) in [5, 5.41) is 3.25. The number of hydrogen-bond donors (Lipinski definition) is 1. The first kappa shape index (κ1) is 22.8. The van der Waals surface area contributed by atoms with Crippen molar-refractivity contribution in [1.82, 2.24) is 5.32 Å². The van der Waals surface area contributed by atoms with Crippen LogP contribution in [0.15, 0.2) is 66.7 Å². The van der Waals surface area contributed by atoms with E-state index in [1.807, 2.05) is 55.5 Å². The molecule has 0 radical (unpaired) electrons. The van der Waals surface area contributed by atoms with Crippen LogP contribution in [0, 0.1) is 0 Å². The highest BCUT2D eigenvalue weighted by Crippen LogP contribution is 2.44. The standard InChI is InChI=1S/C28H27NO6/c1-28(16-34-25-14-19(32-2)11-12-21(25)28)27(31)29-22-15-24(35-23-10-5-4-9-20(22)23)17-7-6-8-18(13-17)26(30)33-3/h4-14,22,24H,15-16H2,1-3H3,(H,29,31)/t22-,24-,28?/m1/s1. The van der Waals surface area contributed by atoms with Crippen LogP contribution in [0.5, 0.6) is 17.2 Å². The molecule has 2 heterocycles. The number of ether oxygens (including phenoxy) is 4. The van der Waals surface area contributed by atoms with E-state index in [2.05, 4.69) is 5.32 Å². The van der Waals surface area contributed by atoms with Crippen molar-refractivity contribution in [3.8, 4) is 17.2 Å². The first-order chi connectivity index (χ1) is 16.9. The Hall–Kier alpha value is -4.00. The van der Waals surface area contributed by atoms with Gasteiger partial charge in [-0.3, -0.25) is 4.79 Å². The number of nitrogens with one attached hydrogen (secondary N) is 1. The lowest BCUT2D eigenvalue weighted by Gasteiger charge is -2.34. The third-order valence-corrected chi connectivity index (χ3v) is 6.80. The van der Waals surface area contributed by atoms with E-state index < -0.39 is 11.4 Å². The summed E-state index contributed by atoms with van der Waals surface area (Å²) in [5.74, 6) is 1.52. The van der Waals surface area contributed by atoms with Crippen molar-refractivity contribution in [2.24, 2.45) is 0 Å². The molecule has 2 aliphatic rings. The minimum absolute atomic E-state index is 0.120. The van der Waals surface area contributed by atoms with Gasteiger partial charge in [0.2, 0.25) is 5.91 Å². The van der Waals surface area contributed by atoms with E-state index in [0.717, 1.165) is 16.7 Å². The van der Waals surface area contributed by atoms with E-state index in [1.165, 1.54) is 7.11 Å². The number of methoxy groups -OCH3 is 2. The molecule has 3 aromatic carbocycles. The lowest BCUT2D eigenvalue weighted by Crippen LogP contribution is -2.46. The fraction of sp³-hybridized carbons (Fsp3) is 0.286. The van der Waals surface area contributed by atoms with Crippen LogP contribution < -0.4 is 19.5 Å². The fourth-order valence-corrected chi connectivity index (χ4v) is 4.75. The van der Waals surface area contributed by atoms with Crippen LogP contribution in [0.1, 0.15) is 52.5 Å². The third kappa shape index (κ3) is 4.07. The Morgan fingerprint density at radius 3 is 2.63 bits per heavy atom. The van der Waals surface area contributed by atoms with Crippen molar-refractivity contribution in [3.05, 3.63) is 89.0 Å². The van der Waals surface area contributed by atoms with Gasteiger partial charge in [-0.05, 0) is 36.8 Å². The smallest absolute Gasteiger partial charge is 0.337 e. The molecule has 1 amide bonds. The van der Waals surface area contributed by atoms with E-state index in [0.29, 0.717) is 29.2 Å². The maximum Gasteiger partial charge on any atom is 0.337 e. The largest absolute Gasteiger partial charge is 0.497 e. The molecule has 0 saturated carbocycles. The van der Waals surface area contributed by atoms with Crippen LogP contribution in [-0.2, 0) is 14.9 Å². The number of rotatable bonds is 5. The minimum atomic E-state index is -0.838. The molecule has 0 fully saturated rings. The first-order valence-corrected chi connectivity index (χ1v) is 11.5. The second-order valence-electron chi connectivity index (χ2n) is 9.01. The maximum absolute atomic E-state index is 13.7. The molecule has 7 heteroatoms. The summed E-state index contributed by atoms with van der Waals surface area (Å²) < 4.78 is 22.3. The lowest BCUT2D eigenvalue weighted by atomic mass is 9.82. The van der Waals surface area contributed by atoms with Gasteiger partial charge < -0.3 is 24.3 Å². The van der Waals surface area contributed by atoms with Gasteiger partial charge in [-0.1, -0.05) is 36.4 Å². The molecule has 180 valence electrons. The summed E-state index contributed by atoms with van der Waals surface area (Å²) in [7, 11) is 2.96. The molecule has 0 saturated heterocycles. The van der Waals surface area contributed by atoms with Crippen molar-refractivity contribution in [2.45, 2.75) is 30.9 Å². The van der Waals surface area contributed by atoms with Crippen LogP contribution >= 0.6 is 0 Å². The monoisotopic (exact) mass is 473 g/mol. The van der Waals surface area contributed by atoms with Crippen molar-refractivity contribution in [1.29, 1.82) is 0 Å². The number of esters is 1. The zero-order valence-corrected chi connectivity index (χ0v) is 19.9. The molecule has 3 atom stereocenters. The molecule has 35 heavy (non-hydrogen) atoms. The molecule has 1 unspecified atom stereocenters. The number of benzene rings is 3. The topological polar surface area (TPSA) is 83.1 Å². The van der Waals surface area contributed by atoms with Crippen LogP contribution in [0.25, 0.3) is 0 Å². The molecule has 5 rings (SSSR count). The molecular weight excluding hydrogens is 446 g/mol. The average molecular weight is 474 g/mol. The number of carbonyl (C=O) groups excluding carboxylic acids is 2. The molecule has 0 spiro atoms. The summed E-state index contributed by atoms with van der Waals surface area (Å²) in [6.07, 6.45) is 0.170.